The summed E-state index contributed by atoms with van der Waals surface area (Å²) in [5, 5.41) is 0.352. The van der Waals surface area contributed by atoms with E-state index in [0.29, 0.717) is 24.0 Å². The SMILES string of the molecule is CC1CCCN(C(=O)CS(=O)(=O)c2cccc(Cl)c2)C1. The Morgan fingerprint density at radius 1 is 1.45 bits per heavy atom. The Hall–Kier alpha value is -1.07. The first-order chi connectivity index (χ1) is 9.38. The van der Waals surface area contributed by atoms with E-state index in [0.717, 1.165) is 12.8 Å². The molecule has 0 saturated carbocycles. The predicted molar refractivity (Wildman–Crippen MR) is 78.5 cm³/mol. The lowest BCUT2D eigenvalue weighted by molar-refractivity contribution is -0.130. The first-order valence-electron chi connectivity index (χ1n) is 6.64. The van der Waals surface area contributed by atoms with Crippen molar-refractivity contribution in [3.05, 3.63) is 29.3 Å². The smallest absolute Gasteiger partial charge is 0.238 e. The number of amides is 1. The molecule has 0 aliphatic carbocycles. The molecule has 1 aliphatic heterocycles. The topological polar surface area (TPSA) is 54.5 Å². The molecular weight excluding hydrogens is 298 g/mol. The fourth-order valence-electron chi connectivity index (χ4n) is 2.41. The normalized spacial score (nSPS) is 19.9. The van der Waals surface area contributed by atoms with Crippen molar-refractivity contribution in [2.75, 3.05) is 18.8 Å². The van der Waals surface area contributed by atoms with E-state index in [1.165, 1.54) is 12.1 Å². The lowest BCUT2D eigenvalue weighted by atomic mass is 10.0. The summed E-state index contributed by atoms with van der Waals surface area (Å²) in [7, 11) is -3.62. The molecule has 1 aromatic carbocycles. The summed E-state index contributed by atoms with van der Waals surface area (Å²) in [6.07, 6.45) is 2.02. The van der Waals surface area contributed by atoms with E-state index < -0.39 is 15.6 Å². The van der Waals surface area contributed by atoms with Crippen molar-refractivity contribution in [1.82, 2.24) is 4.90 Å². The molecule has 1 fully saturated rings. The van der Waals surface area contributed by atoms with Gasteiger partial charge in [-0.25, -0.2) is 8.42 Å². The number of halogens is 1. The Kier molecular flexibility index (Phi) is 4.70. The van der Waals surface area contributed by atoms with Crippen molar-refractivity contribution in [1.29, 1.82) is 0 Å². The van der Waals surface area contributed by atoms with Crippen LogP contribution in [0.15, 0.2) is 29.2 Å². The third kappa shape index (κ3) is 3.73. The number of carbonyl (C=O) groups is 1. The minimum Gasteiger partial charge on any atom is -0.342 e. The molecule has 110 valence electrons. The summed E-state index contributed by atoms with van der Waals surface area (Å²) in [5.74, 6) is -0.377. The highest BCUT2D eigenvalue weighted by Gasteiger charge is 2.26. The summed E-state index contributed by atoms with van der Waals surface area (Å²) in [6, 6.07) is 6.02. The number of carbonyl (C=O) groups excluding carboxylic acids is 1. The summed E-state index contributed by atoms with van der Waals surface area (Å²) >= 11 is 5.80. The van der Waals surface area contributed by atoms with Crippen LogP contribution in [0, 0.1) is 5.92 Å². The van der Waals surface area contributed by atoms with Gasteiger partial charge in [-0.1, -0.05) is 24.6 Å². The first-order valence-corrected chi connectivity index (χ1v) is 8.67. The minimum absolute atomic E-state index is 0.100. The van der Waals surface area contributed by atoms with Crippen LogP contribution >= 0.6 is 11.6 Å². The van der Waals surface area contributed by atoms with Gasteiger partial charge in [0.05, 0.1) is 4.90 Å². The predicted octanol–water partition coefficient (Wildman–Crippen LogP) is 2.37. The van der Waals surface area contributed by atoms with E-state index in [1.807, 2.05) is 0 Å². The summed E-state index contributed by atoms with van der Waals surface area (Å²) in [6.45, 7) is 3.36. The fourth-order valence-corrected chi connectivity index (χ4v) is 3.94. The Balaban J connectivity index is 2.10. The molecule has 0 spiro atoms. The van der Waals surface area contributed by atoms with Crippen LogP contribution in [0.25, 0.3) is 0 Å². The maximum atomic E-state index is 12.2. The van der Waals surface area contributed by atoms with Crippen LogP contribution in [0.5, 0.6) is 0 Å². The Morgan fingerprint density at radius 2 is 2.20 bits per heavy atom. The van der Waals surface area contributed by atoms with Gasteiger partial charge in [0, 0.05) is 18.1 Å². The fraction of sp³-hybridized carbons (Fsp3) is 0.500. The molecule has 0 aromatic heterocycles. The molecule has 0 radical (unpaired) electrons. The summed E-state index contributed by atoms with van der Waals surface area (Å²) in [5.41, 5.74) is 0. The number of nitrogens with zero attached hydrogens (tertiary/aromatic N) is 1. The van der Waals surface area contributed by atoms with Crippen molar-refractivity contribution >= 4 is 27.3 Å². The molecule has 1 aliphatic rings. The lowest BCUT2D eigenvalue weighted by Gasteiger charge is -2.30. The molecule has 1 unspecified atom stereocenters. The molecule has 1 aromatic rings. The van der Waals surface area contributed by atoms with Crippen LogP contribution in [-0.4, -0.2) is 38.1 Å². The zero-order valence-electron chi connectivity index (χ0n) is 11.4. The van der Waals surface area contributed by atoms with Gasteiger partial charge in [0.1, 0.15) is 5.75 Å². The Morgan fingerprint density at radius 3 is 2.85 bits per heavy atom. The van der Waals surface area contributed by atoms with Crippen LogP contribution in [0.3, 0.4) is 0 Å². The first kappa shape index (κ1) is 15.3. The van der Waals surface area contributed by atoms with Gasteiger partial charge in [0.25, 0.3) is 0 Å². The van der Waals surface area contributed by atoms with Gasteiger partial charge in [-0.15, -0.1) is 0 Å². The minimum atomic E-state index is -3.62. The van der Waals surface area contributed by atoms with Crippen LogP contribution < -0.4 is 0 Å². The van der Waals surface area contributed by atoms with Crippen LogP contribution in [0.2, 0.25) is 5.02 Å². The van der Waals surface area contributed by atoms with Gasteiger partial charge in [0.2, 0.25) is 5.91 Å². The summed E-state index contributed by atoms with van der Waals surface area (Å²) < 4.78 is 24.4. The van der Waals surface area contributed by atoms with Gasteiger partial charge in [-0.3, -0.25) is 4.79 Å². The molecular formula is C14H18ClNO3S. The highest BCUT2D eigenvalue weighted by molar-refractivity contribution is 7.92. The molecule has 0 bridgehead atoms. The highest BCUT2D eigenvalue weighted by Crippen LogP contribution is 2.19. The molecule has 20 heavy (non-hydrogen) atoms. The van der Waals surface area contributed by atoms with Crippen LogP contribution in [-0.2, 0) is 14.6 Å². The van der Waals surface area contributed by atoms with E-state index in [2.05, 4.69) is 6.92 Å². The average molecular weight is 316 g/mol. The maximum absolute atomic E-state index is 12.2. The second kappa shape index (κ2) is 6.14. The maximum Gasteiger partial charge on any atom is 0.238 e. The molecule has 1 saturated heterocycles. The molecule has 4 nitrogen and oxygen atoms in total. The molecule has 1 heterocycles. The highest BCUT2D eigenvalue weighted by atomic mass is 35.5. The second-order valence-electron chi connectivity index (χ2n) is 5.30. The molecule has 1 amide bonds. The number of rotatable bonds is 3. The van der Waals surface area contributed by atoms with Crippen LogP contribution in [0.4, 0.5) is 0 Å². The lowest BCUT2D eigenvalue weighted by Crippen LogP contribution is -2.42. The van der Waals surface area contributed by atoms with E-state index in [-0.39, 0.29) is 10.8 Å². The molecule has 1 atom stereocenters. The van der Waals surface area contributed by atoms with Gasteiger partial charge >= 0.3 is 0 Å². The number of piperidine rings is 1. The molecule has 0 N–H and O–H groups in total. The number of likely N-dealkylation sites (tertiary alicyclic amines) is 1. The zero-order valence-corrected chi connectivity index (χ0v) is 13.0. The number of hydrogen-bond donors (Lipinski definition) is 0. The van der Waals surface area contributed by atoms with Crippen molar-refractivity contribution in [2.45, 2.75) is 24.7 Å². The number of benzene rings is 1. The van der Waals surface area contributed by atoms with Crippen molar-refractivity contribution < 1.29 is 13.2 Å². The molecule has 6 heteroatoms. The average Bonchev–Trinajstić information content (AvgIpc) is 2.38. The monoisotopic (exact) mass is 315 g/mol. The van der Waals surface area contributed by atoms with Crippen molar-refractivity contribution in [3.8, 4) is 0 Å². The van der Waals surface area contributed by atoms with Crippen LogP contribution in [0.1, 0.15) is 19.8 Å². The van der Waals surface area contributed by atoms with E-state index >= 15 is 0 Å². The number of hydrogen-bond acceptors (Lipinski definition) is 3. The van der Waals surface area contributed by atoms with E-state index in [1.54, 1.807) is 17.0 Å². The van der Waals surface area contributed by atoms with Gasteiger partial charge in [-0.05, 0) is 37.0 Å². The van der Waals surface area contributed by atoms with E-state index in [9.17, 15) is 13.2 Å². The molecule has 2 rings (SSSR count). The van der Waals surface area contributed by atoms with Gasteiger partial charge in [0.15, 0.2) is 9.84 Å². The van der Waals surface area contributed by atoms with Gasteiger partial charge < -0.3 is 4.90 Å². The summed E-state index contributed by atoms with van der Waals surface area (Å²) in [4.78, 5) is 13.9. The Bertz CT molecular complexity index is 600. The van der Waals surface area contributed by atoms with Gasteiger partial charge in [-0.2, -0.15) is 0 Å². The van der Waals surface area contributed by atoms with Crippen molar-refractivity contribution in [2.24, 2.45) is 5.92 Å². The Labute approximate surface area is 124 Å². The third-order valence-corrected chi connectivity index (χ3v) is 5.31. The third-order valence-electron chi connectivity index (χ3n) is 3.48. The van der Waals surface area contributed by atoms with Crippen molar-refractivity contribution in [3.63, 3.8) is 0 Å². The van der Waals surface area contributed by atoms with E-state index in [4.69, 9.17) is 11.6 Å². The largest absolute Gasteiger partial charge is 0.342 e. The second-order valence-corrected chi connectivity index (χ2v) is 7.73. The zero-order chi connectivity index (χ0) is 14.8. The standard InChI is InChI=1S/C14H18ClNO3S/c1-11-4-3-7-16(9-11)14(17)10-20(18,19)13-6-2-5-12(15)8-13/h2,5-6,8,11H,3-4,7,9-10H2,1H3. The number of sulfone groups is 1. The quantitative estimate of drug-likeness (QED) is 0.860.